The lowest BCUT2D eigenvalue weighted by Gasteiger charge is -1.98. The van der Waals surface area contributed by atoms with Crippen LogP contribution in [0.2, 0.25) is 0 Å². The van der Waals surface area contributed by atoms with Crippen LogP contribution >= 0.6 is 11.3 Å². The number of aryl methyl sites for hydroxylation is 1. The molecule has 17 heavy (non-hydrogen) atoms. The minimum absolute atomic E-state index is 0.232. The summed E-state index contributed by atoms with van der Waals surface area (Å²) < 4.78 is 5.13. The fourth-order valence-electron chi connectivity index (χ4n) is 1.67. The molecule has 2 aromatic heterocycles. The number of carbonyl (C=O) groups is 1. The van der Waals surface area contributed by atoms with Crippen LogP contribution in [0.4, 0.5) is 5.13 Å². The van der Waals surface area contributed by atoms with Gasteiger partial charge < -0.3 is 4.42 Å². The fourth-order valence-corrected chi connectivity index (χ4v) is 2.46. The van der Waals surface area contributed by atoms with Gasteiger partial charge in [0, 0.05) is 16.9 Å². The average molecular weight is 248 g/mol. The Hall–Kier alpha value is -1.62. The number of carbonyl (C=O) groups excluding carboxylic acids is 1. The summed E-state index contributed by atoms with van der Waals surface area (Å²) in [5.41, 5.74) is 1.93. The maximum absolute atomic E-state index is 11.9. The summed E-state index contributed by atoms with van der Waals surface area (Å²) in [5, 5.41) is 5.43. The van der Waals surface area contributed by atoms with Crippen LogP contribution in [0.1, 0.15) is 40.6 Å². The molecule has 3 rings (SSSR count). The standard InChI is InChI=1S/C12H12N2O2S/c1-7-4-5-16-10(7)11(15)14-12-13-9(6-17-12)8-2-3-8/h4-6,8H,2-3H2,1H3,(H,13,14,15). The van der Waals surface area contributed by atoms with Gasteiger partial charge in [0.25, 0.3) is 5.91 Å². The van der Waals surface area contributed by atoms with Crippen molar-refractivity contribution >= 4 is 22.4 Å². The normalized spacial score (nSPS) is 14.9. The summed E-state index contributed by atoms with van der Waals surface area (Å²) in [5.74, 6) is 0.736. The number of furan rings is 1. The van der Waals surface area contributed by atoms with Crippen LogP contribution in [-0.4, -0.2) is 10.9 Å². The van der Waals surface area contributed by atoms with Gasteiger partial charge in [0.15, 0.2) is 10.9 Å². The van der Waals surface area contributed by atoms with Crippen LogP contribution in [0.15, 0.2) is 22.1 Å². The molecule has 0 saturated heterocycles. The van der Waals surface area contributed by atoms with E-state index < -0.39 is 0 Å². The summed E-state index contributed by atoms with van der Waals surface area (Å²) in [7, 11) is 0. The van der Waals surface area contributed by atoms with Crippen molar-refractivity contribution in [1.82, 2.24) is 4.98 Å². The van der Waals surface area contributed by atoms with Crippen molar-refractivity contribution in [2.24, 2.45) is 0 Å². The quantitative estimate of drug-likeness (QED) is 0.907. The third-order valence-electron chi connectivity index (χ3n) is 2.81. The number of nitrogens with zero attached hydrogens (tertiary/aromatic N) is 1. The summed E-state index contributed by atoms with van der Waals surface area (Å²) in [6.45, 7) is 1.84. The number of thiazole rings is 1. The van der Waals surface area contributed by atoms with Gasteiger partial charge in [-0.15, -0.1) is 11.3 Å². The zero-order valence-electron chi connectivity index (χ0n) is 9.40. The second-order valence-corrected chi connectivity index (χ2v) is 5.10. The van der Waals surface area contributed by atoms with Crippen molar-refractivity contribution in [2.75, 3.05) is 5.32 Å². The average Bonchev–Trinajstić information content (AvgIpc) is 2.90. The van der Waals surface area contributed by atoms with E-state index in [9.17, 15) is 4.79 Å². The van der Waals surface area contributed by atoms with Crippen LogP contribution in [0.5, 0.6) is 0 Å². The highest BCUT2D eigenvalue weighted by Gasteiger charge is 2.26. The first-order valence-corrected chi connectivity index (χ1v) is 6.43. The topological polar surface area (TPSA) is 55.1 Å². The number of hydrogen-bond donors (Lipinski definition) is 1. The number of hydrogen-bond acceptors (Lipinski definition) is 4. The third kappa shape index (κ3) is 2.10. The molecule has 0 unspecified atom stereocenters. The first-order valence-electron chi connectivity index (χ1n) is 5.55. The van der Waals surface area contributed by atoms with Crippen molar-refractivity contribution in [3.8, 4) is 0 Å². The number of nitrogens with one attached hydrogen (secondary N) is 1. The van der Waals surface area contributed by atoms with Gasteiger partial charge in [0.1, 0.15) is 0 Å². The van der Waals surface area contributed by atoms with Crippen LogP contribution in [0, 0.1) is 6.92 Å². The van der Waals surface area contributed by atoms with Gasteiger partial charge in [0.2, 0.25) is 0 Å². The second kappa shape index (κ2) is 4.00. The lowest BCUT2D eigenvalue weighted by Crippen LogP contribution is -2.11. The number of aromatic nitrogens is 1. The van der Waals surface area contributed by atoms with Crippen LogP contribution in [0.3, 0.4) is 0 Å². The van der Waals surface area contributed by atoms with Gasteiger partial charge in [-0.3, -0.25) is 10.1 Å². The maximum atomic E-state index is 11.9. The smallest absolute Gasteiger partial charge is 0.293 e. The number of anilines is 1. The summed E-state index contributed by atoms with van der Waals surface area (Å²) in [6.07, 6.45) is 3.95. The van der Waals surface area contributed by atoms with Gasteiger partial charge in [-0.2, -0.15) is 0 Å². The predicted octanol–water partition coefficient (Wildman–Crippen LogP) is 3.17. The summed E-state index contributed by atoms with van der Waals surface area (Å²) in [4.78, 5) is 16.2. The van der Waals surface area contributed by atoms with E-state index in [1.165, 1.54) is 30.4 Å². The van der Waals surface area contributed by atoms with Crippen molar-refractivity contribution in [1.29, 1.82) is 0 Å². The van der Waals surface area contributed by atoms with E-state index in [1.807, 2.05) is 12.3 Å². The van der Waals surface area contributed by atoms with Gasteiger partial charge in [-0.05, 0) is 25.8 Å². The molecule has 0 aliphatic heterocycles. The van der Waals surface area contributed by atoms with Crippen LogP contribution in [-0.2, 0) is 0 Å². The van der Waals surface area contributed by atoms with E-state index in [0.29, 0.717) is 16.8 Å². The van der Waals surface area contributed by atoms with Gasteiger partial charge >= 0.3 is 0 Å². The molecule has 2 aromatic rings. The Kier molecular flexibility index (Phi) is 2.48. The molecule has 5 heteroatoms. The Labute approximate surface area is 103 Å². The van der Waals surface area contributed by atoms with Crippen molar-refractivity contribution in [3.05, 3.63) is 34.7 Å². The Morgan fingerprint density at radius 1 is 1.59 bits per heavy atom. The van der Waals surface area contributed by atoms with Crippen LogP contribution in [0.25, 0.3) is 0 Å². The molecule has 0 aromatic carbocycles. The van der Waals surface area contributed by atoms with E-state index in [-0.39, 0.29) is 5.91 Å². The summed E-state index contributed by atoms with van der Waals surface area (Å²) >= 11 is 1.46. The number of amides is 1. The molecule has 0 radical (unpaired) electrons. The van der Waals surface area contributed by atoms with E-state index in [0.717, 1.165) is 11.3 Å². The van der Waals surface area contributed by atoms with Gasteiger partial charge in [-0.25, -0.2) is 4.98 Å². The Morgan fingerprint density at radius 2 is 2.41 bits per heavy atom. The molecule has 1 aliphatic rings. The third-order valence-corrected chi connectivity index (χ3v) is 3.58. The molecule has 1 N–H and O–H groups in total. The molecule has 2 heterocycles. The Morgan fingerprint density at radius 3 is 3.06 bits per heavy atom. The van der Waals surface area contributed by atoms with E-state index in [4.69, 9.17) is 4.42 Å². The summed E-state index contributed by atoms with van der Waals surface area (Å²) in [6, 6.07) is 1.77. The monoisotopic (exact) mass is 248 g/mol. The minimum atomic E-state index is -0.232. The Balaban J connectivity index is 1.73. The predicted molar refractivity (Wildman–Crippen MR) is 65.5 cm³/mol. The fraction of sp³-hybridized carbons (Fsp3) is 0.333. The highest BCUT2D eigenvalue weighted by atomic mass is 32.1. The highest BCUT2D eigenvalue weighted by molar-refractivity contribution is 7.14. The van der Waals surface area contributed by atoms with Gasteiger partial charge in [-0.1, -0.05) is 0 Å². The number of rotatable bonds is 3. The Bertz CT molecular complexity index is 554. The van der Waals surface area contributed by atoms with Gasteiger partial charge in [0.05, 0.1) is 12.0 Å². The molecular weight excluding hydrogens is 236 g/mol. The second-order valence-electron chi connectivity index (χ2n) is 4.24. The van der Waals surface area contributed by atoms with E-state index in [1.54, 1.807) is 6.07 Å². The minimum Gasteiger partial charge on any atom is -0.459 e. The van der Waals surface area contributed by atoms with Crippen molar-refractivity contribution < 1.29 is 9.21 Å². The zero-order chi connectivity index (χ0) is 11.8. The molecule has 1 aliphatic carbocycles. The van der Waals surface area contributed by atoms with Crippen molar-refractivity contribution in [3.63, 3.8) is 0 Å². The molecule has 0 bridgehead atoms. The van der Waals surface area contributed by atoms with Crippen molar-refractivity contribution in [2.45, 2.75) is 25.7 Å². The lowest BCUT2D eigenvalue weighted by molar-refractivity contribution is 0.0996. The SMILES string of the molecule is Cc1ccoc1C(=O)Nc1nc(C2CC2)cs1. The van der Waals surface area contributed by atoms with Crippen LogP contribution < -0.4 is 5.32 Å². The molecule has 1 amide bonds. The largest absolute Gasteiger partial charge is 0.459 e. The maximum Gasteiger partial charge on any atom is 0.293 e. The molecule has 4 nitrogen and oxygen atoms in total. The molecule has 0 atom stereocenters. The molecule has 1 saturated carbocycles. The van der Waals surface area contributed by atoms with E-state index in [2.05, 4.69) is 10.3 Å². The molecule has 0 spiro atoms. The first kappa shape index (κ1) is 10.5. The lowest BCUT2D eigenvalue weighted by atomic mass is 10.3. The molecule has 88 valence electrons. The first-order chi connectivity index (χ1) is 8.24. The molecular formula is C12H12N2O2S. The highest BCUT2D eigenvalue weighted by Crippen LogP contribution is 2.40. The van der Waals surface area contributed by atoms with E-state index >= 15 is 0 Å². The molecule has 1 fully saturated rings. The zero-order valence-corrected chi connectivity index (χ0v) is 10.2.